The van der Waals surface area contributed by atoms with Crippen LogP contribution in [0.3, 0.4) is 0 Å². The monoisotopic (exact) mass is 413 g/mol. The van der Waals surface area contributed by atoms with Crippen molar-refractivity contribution in [2.75, 3.05) is 26.6 Å². The largest absolute Gasteiger partial charge is 0.485 e. The molecule has 0 unspecified atom stereocenters. The molecule has 0 spiro atoms. The van der Waals surface area contributed by atoms with E-state index in [-0.39, 0.29) is 18.3 Å². The van der Waals surface area contributed by atoms with Gasteiger partial charge in [0.15, 0.2) is 11.0 Å². The van der Waals surface area contributed by atoms with E-state index in [4.69, 9.17) is 14.2 Å². The van der Waals surface area contributed by atoms with Crippen molar-refractivity contribution in [3.63, 3.8) is 0 Å². The van der Waals surface area contributed by atoms with Gasteiger partial charge in [0.1, 0.15) is 12.4 Å². The summed E-state index contributed by atoms with van der Waals surface area (Å²) in [5.41, 5.74) is 2.09. The first-order valence-electron chi connectivity index (χ1n) is 9.10. The molecule has 0 bridgehead atoms. The topological polar surface area (TPSA) is 75.5 Å². The van der Waals surface area contributed by atoms with Crippen molar-refractivity contribution in [3.8, 4) is 16.9 Å². The molecule has 0 saturated carbocycles. The van der Waals surface area contributed by atoms with Gasteiger partial charge in [0.25, 0.3) is 0 Å². The lowest BCUT2D eigenvalue weighted by molar-refractivity contribution is -0.137. The number of carbonyl (C=O) groups excluding carboxylic acids is 1. The second kappa shape index (κ2) is 10.6. The third-order valence-electron chi connectivity index (χ3n) is 4.19. The summed E-state index contributed by atoms with van der Waals surface area (Å²) in [5.74, 6) is 1.28. The number of ether oxygens (including phenoxy) is 3. The molecule has 1 heterocycles. The lowest BCUT2D eigenvalue weighted by Crippen LogP contribution is -2.13. The van der Waals surface area contributed by atoms with E-state index in [2.05, 4.69) is 10.2 Å². The van der Waals surface area contributed by atoms with Crippen LogP contribution in [0.5, 0.6) is 5.75 Å². The third kappa shape index (κ3) is 5.58. The molecule has 29 heavy (non-hydrogen) atoms. The van der Waals surface area contributed by atoms with Gasteiger partial charge in [-0.2, -0.15) is 0 Å². The first-order valence-corrected chi connectivity index (χ1v) is 10.1. The van der Waals surface area contributed by atoms with E-state index < -0.39 is 0 Å². The number of methoxy groups -OCH3 is 2. The Morgan fingerprint density at radius 3 is 2.55 bits per heavy atom. The summed E-state index contributed by atoms with van der Waals surface area (Å²) in [5, 5.41) is 9.08. The Kier molecular flexibility index (Phi) is 7.66. The van der Waals surface area contributed by atoms with Crippen molar-refractivity contribution < 1.29 is 19.0 Å². The summed E-state index contributed by atoms with van der Waals surface area (Å²) >= 11 is 1.28. The molecule has 0 aliphatic rings. The van der Waals surface area contributed by atoms with E-state index in [1.54, 1.807) is 7.11 Å². The zero-order valence-corrected chi connectivity index (χ0v) is 17.2. The first kappa shape index (κ1) is 20.9. The van der Waals surface area contributed by atoms with Crippen LogP contribution in [0, 0.1) is 0 Å². The Labute approximate surface area is 174 Å². The number of aromatic nitrogens is 3. The van der Waals surface area contributed by atoms with Gasteiger partial charge in [-0.25, -0.2) is 0 Å². The van der Waals surface area contributed by atoms with Gasteiger partial charge in [0.05, 0.1) is 19.5 Å². The lowest BCUT2D eigenvalue weighted by atomic mass is 10.1. The van der Waals surface area contributed by atoms with E-state index in [1.807, 2.05) is 59.2 Å². The minimum atomic E-state index is -0.314. The van der Waals surface area contributed by atoms with Gasteiger partial charge in [-0.15, -0.1) is 10.2 Å². The second-order valence-corrected chi connectivity index (χ2v) is 7.00. The fraction of sp³-hybridized carbons (Fsp3) is 0.286. The number of hydrogen-bond donors (Lipinski definition) is 0. The summed E-state index contributed by atoms with van der Waals surface area (Å²) in [6.07, 6.45) is 0. The average Bonchev–Trinajstić information content (AvgIpc) is 3.16. The van der Waals surface area contributed by atoms with Crippen molar-refractivity contribution in [3.05, 3.63) is 60.4 Å². The molecule has 3 rings (SSSR count). The predicted molar refractivity (Wildman–Crippen MR) is 111 cm³/mol. The molecule has 0 atom stereocenters. The number of thioether (sulfide) groups is 1. The number of carbonyl (C=O) groups is 1. The molecule has 7 nitrogen and oxygen atoms in total. The highest BCUT2D eigenvalue weighted by molar-refractivity contribution is 7.99. The maximum atomic E-state index is 11.5. The molecule has 0 amide bonds. The summed E-state index contributed by atoms with van der Waals surface area (Å²) in [7, 11) is 3.00. The number of benzene rings is 2. The highest BCUT2D eigenvalue weighted by Gasteiger charge is 2.15. The molecule has 0 saturated heterocycles. The first-order chi connectivity index (χ1) is 14.2. The van der Waals surface area contributed by atoms with Crippen LogP contribution in [0.25, 0.3) is 11.1 Å². The molecule has 2 aromatic carbocycles. The molecule has 0 N–H and O–H groups in total. The Balaban J connectivity index is 1.77. The molecule has 0 aliphatic heterocycles. The summed E-state index contributed by atoms with van der Waals surface area (Å²) < 4.78 is 17.9. The van der Waals surface area contributed by atoms with E-state index in [9.17, 15) is 4.79 Å². The molecule has 0 aliphatic carbocycles. The van der Waals surface area contributed by atoms with E-state index in [0.717, 1.165) is 16.9 Å². The number of nitrogens with zero attached hydrogens (tertiary/aromatic N) is 3. The van der Waals surface area contributed by atoms with Crippen molar-refractivity contribution in [2.24, 2.45) is 0 Å². The normalized spacial score (nSPS) is 10.7. The molecule has 1 aromatic heterocycles. The van der Waals surface area contributed by atoms with Crippen molar-refractivity contribution >= 4 is 17.7 Å². The van der Waals surface area contributed by atoms with Gasteiger partial charge >= 0.3 is 5.97 Å². The second-order valence-electron chi connectivity index (χ2n) is 6.06. The SMILES string of the molecule is COCCn1c(COc2ccccc2-c2ccccc2)nnc1SCC(=O)OC. The molecule has 3 aromatic rings. The summed E-state index contributed by atoms with van der Waals surface area (Å²) in [6.45, 7) is 1.31. The Bertz CT molecular complexity index is 931. The maximum absolute atomic E-state index is 11.5. The molecular weight excluding hydrogens is 390 g/mol. The number of esters is 1. The molecular formula is C21H23N3O4S. The lowest BCUT2D eigenvalue weighted by Gasteiger charge is -2.13. The van der Waals surface area contributed by atoms with Gasteiger partial charge in [-0.05, 0) is 11.6 Å². The van der Waals surface area contributed by atoms with E-state index in [1.165, 1.54) is 18.9 Å². The standard InChI is InChI=1S/C21H23N3O4S/c1-26-13-12-24-19(22-23-21(24)29-15-20(25)27-2)14-28-18-11-7-6-10-17(18)16-8-4-3-5-9-16/h3-11H,12-15H2,1-2H3. The predicted octanol–water partition coefficient (Wildman–Crippen LogP) is 3.44. The summed E-state index contributed by atoms with van der Waals surface area (Å²) in [4.78, 5) is 11.5. The minimum absolute atomic E-state index is 0.166. The van der Waals surface area contributed by atoms with Crippen molar-refractivity contribution in [1.29, 1.82) is 0 Å². The van der Waals surface area contributed by atoms with Gasteiger partial charge in [0.2, 0.25) is 0 Å². The number of rotatable bonds is 10. The van der Waals surface area contributed by atoms with Crippen LogP contribution in [-0.2, 0) is 27.4 Å². The van der Waals surface area contributed by atoms with Gasteiger partial charge in [-0.3, -0.25) is 4.79 Å². The van der Waals surface area contributed by atoms with Crippen molar-refractivity contribution in [2.45, 2.75) is 18.3 Å². The third-order valence-corrected chi connectivity index (χ3v) is 5.13. The molecule has 152 valence electrons. The quantitative estimate of drug-likeness (QED) is 0.372. The average molecular weight is 413 g/mol. The molecule has 8 heteroatoms. The fourth-order valence-corrected chi connectivity index (χ4v) is 3.53. The molecule has 0 radical (unpaired) electrons. The van der Waals surface area contributed by atoms with Crippen LogP contribution >= 0.6 is 11.8 Å². The minimum Gasteiger partial charge on any atom is -0.485 e. The number of hydrogen-bond acceptors (Lipinski definition) is 7. The smallest absolute Gasteiger partial charge is 0.316 e. The summed E-state index contributed by atoms with van der Waals surface area (Å²) in [6, 6.07) is 18.0. The van der Waals surface area contributed by atoms with Crippen LogP contribution in [0.1, 0.15) is 5.82 Å². The zero-order chi connectivity index (χ0) is 20.5. The highest BCUT2D eigenvalue weighted by atomic mass is 32.2. The van der Waals surface area contributed by atoms with Crippen LogP contribution < -0.4 is 4.74 Å². The number of para-hydroxylation sites is 1. The van der Waals surface area contributed by atoms with Crippen LogP contribution in [0.15, 0.2) is 59.8 Å². The van der Waals surface area contributed by atoms with Crippen LogP contribution in [-0.4, -0.2) is 47.3 Å². The zero-order valence-electron chi connectivity index (χ0n) is 16.4. The Morgan fingerprint density at radius 2 is 1.79 bits per heavy atom. The maximum Gasteiger partial charge on any atom is 0.316 e. The van der Waals surface area contributed by atoms with E-state index >= 15 is 0 Å². The van der Waals surface area contributed by atoms with Gasteiger partial charge in [0, 0.05) is 19.2 Å². The Morgan fingerprint density at radius 1 is 1.03 bits per heavy atom. The Hall–Kier alpha value is -2.84. The van der Waals surface area contributed by atoms with E-state index in [0.29, 0.717) is 24.1 Å². The van der Waals surface area contributed by atoms with Crippen LogP contribution in [0.2, 0.25) is 0 Å². The van der Waals surface area contributed by atoms with Crippen LogP contribution in [0.4, 0.5) is 0 Å². The van der Waals surface area contributed by atoms with Crippen molar-refractivity contribution in [1.82, 2.24) is 14.8 Å². The van der Waals surface area contributed by atoms with Gasteiger partial charge in [-0.1, -0.05) is 60.3 Å². The fourth-order valence-electron chi connectivity index (χ4n) is 2.71. The molecule has 0 fully saturated rings. The highest BCUT2D eigenvalue weighted by Crippen LogP contribution is 2.30. The van der Waals surface area contributed by atoms with Gasteiger partial charge < -0.3 is 18.8 Å².